The fourth-order valence-corrected chi connectivity index (χ4v) is 2.78. The maximum atomic E-state index is 12.2. The third kappa shape index (κ3) is 5.12. The van der Waals surface area contributed by atoms with Gasteiger partial charge in [0.05, 0.1) is 24.3 Å². The van der Waals surface area contributed by atoms with E-state index in [2.05, 4.69) is 9.93 Å². The van der Waals surface area contributed by atoms with E-state index in [9.17, 15) is 13.5 Å². The van der Waals surface area contributed by atoms with Gasteiger partial charge in [-0.2, -0.15) is 13.5 Å². The van der Waals surface area contributed by atoms with E-state index in [0.29, 0.717) is 30.3 Å². The van der Waals surface area contributed by atoms with Crippen molar-refractivity contribution in [2.75, 3.05) is 13.2 Å². The van der Waals surface area contributed by atoms with Crippen LogP contribution in [0.1, 0.15) is 19.4 Å². The minimum atomic E-state index is -3.80. The largest absolute Gasteiger partial charge is 0.507 e. The zero-order valence-corrected chi connectivity index (χ0v) is 14.8. The predicted molar refractivity (Wildman–Crippen MR) is 94.8 cm³/mol. The van der Waals surface area contributed by atoms with Gasteiger partial charge in [-0.15, -0.1) is 0 Å². The lowest BCUT2D eigenvalue weighted by atomic mass is 10.2. The molecular weight excluding hydrogens is 344 g/mol. The Morgan fingerprint density at radius 2 is 1.64 bits per heavy atom. The average molecular weight is 364 g/mol. The second-order valence-corrected chi connectivity index (χ2v) is 6.57. The first kappa shape index (κ1) is 18.6. The van der Waals surface area contributed by atoms with E-state index >= 15 is 0 Å². The minimum Gasteiger partial charge on any atom is -0.507 e. The van der Waals surface area contributed by atoms with Crippen LogP contribution in [0.5, 0.6) is 17.2 Å². The van der Waals surface area contributed by atoms with Crippen molar-refractivity contribution in [2.45, 2.75) is 18.7 Å². The molecule has 2 aromatic rings. The third-order valence-corrected chi connectivity index (χ3v) is 4.37. The fourth-order valence-electron chi connectivity index (χ4n) is 1.99. The van der Waals surface area contributed by atoms with Gasteiger partial charge in [0, 0.05) is 11.6 Å². The summed E-state index contributed by atoms with van der Waals surface area (Å²) in [5, 5.41) is 13.6. The lowest BCUT2D eigenvalue weighted by Gasteiger charge is -2.06. The Balaban J connectivity index is 2.07. The topological polar surface area (TPSA) is 97.2 Å². The van der Waals surface area contributed by atoms with E-state index in [1.807, 2.05) is 13.8 Å². The van der Waals surface area contributed by atoms with Gasteiger partial charge in [-0.3, -0.25) is 0 Å². The number of ether oxygens (including phenoxy) is 2. The SMILES string of the molecule is CCOc1ccc(S(=O)(=O)NN=Cc2ccc(OCC)cc2O)cc1. The molecule has 25 heavy (non-hydrogen) atoms. The lowest BCUT2D eigenvalue weighted by Crippen LogP contribution is -2.18. The van der Waals surface area contributed by atoms with Gasteiger partial charge in [-0.05, 0) is 50.2 Å². The van der Waals surface area contributed by atoms with Gasteiger partial charge >= 0.3 is 0 Å². The van der Waals surface area contributed by atoms with Crippen molar-refractivity contribution in [3.05, 3.63) is 48.0 Å². The average Bonchev–Trinajstić information content (AvgIpc) is 2.58. The van der Waals surface area contributed by atoms with Crippen molar-refractivity contribution in [1.29, 1.82) is 0 Å². The van der Waals surface area contributed by atoms with Crippen molar-refractivity contribution >= 4 is 16.2 Å². The number of rotatable bonds is 8. The van der Waals surface area contributed by atoms with E-state index in [0.717, 1.165) is 0 Å². The summed E-state index contributed by atoms with van der Waals surface area (Å²) >= 11 is 0. The number of aromatic hydroxyl groups is 1. The smallest absolute Gasteiger partial charge is 0.276 e. The van der Waals surface area contributed by atoms with E-state index < -0.39 is 10.0 Å². The Labute approximate surface area is 147 Å². The molecule has 2 N–H and O–H groups in total. The van der Waals surface area contributed by atoms with Crippen LogP contribution in [0.2, 0.25) is 0 Å². The van der Waals surface area contributed by atoms with Crippen LogP contribution in [-0.2, 0) is 10.0 Å². The Morgan fingerprint density at radius 3 is 2.24 bits per heavy atom. The molecule has 0 bridgehead atoms. The number of hydrogen-bond donors (Lipinski definition) is 2. The molecule has 0 saturated carbocycles. The van der Waals surface area contributed by atoms with Gasteiger partial charge in [-0.1, -0.05) is 0 Å². The molecule has 0 atom stereocenters. The highest BCUT2D eigenvalue weighted by atomic mass is 32.2. The van der Waals surface area contributed by atoms with Gasteiger partial charge < -0.3 is 14.6 Å². The zero-order chi connectivity index (χ0) is 18.3. The Morgan fingerprint density at radius 1 is 1.04 bits per heavy atom. The molecule has 0 aromatic heterocycles. The first-order valence-electron chi connectivity index (χ1n) is 7.69. The van der Waals surface area contributed by atoms with Crippen LogP contribution in [0.3, 0.4) is 0 Å². The highest BCUT2D eigenvalue weighted by molar-refractivity contribution is 7.89. The number of sulfonamides is 1. The summed E-state index contributed by atoms with van der Waals surface area (Å²) in [6, 6.07) is 10.7. The Bertz CT molecular complexity index is 833. The van der Waals surface area contributed by atoms with Crippen LogP contribution in [-0.4, -0.2) is 33.0 Å². The van der Waals surface area contributed by atoms with E-state index in [-0.39, 0.29) is 10.6 Å². The van der Waals surface area contributed by atoms with Crippen molar-refractivity contribution in [1.82, 2.24) is 4.83 Å². The summed E-state index contributed by atoms with van der Waals surface area (Å²) in [4.78, 5) is 2.16. The fraction of sp³-hybridized carbons (Fsp3) is 0.235. The van der Waals surface area contributed by atoms with Crippen LogP contribution in [0.15, 0.2) is 52.5 Å². The predicted octanol–water partition coefficient (Wildman–Crippen LogP) is 2.50. The summed E-state index contributed by atoms with van der Waals surface area (Å²) in [5.74, 6) is 1.05. The van der Waals surface area contributed by atoms with Crippen LogP contribution in [0, 0.1) is 0 Å². The monoisotopic (exact) mass is 364 g/mol. The number of benzene rings is 2. The van der Waals surface area contributed by atoms with Crippen molar-refractivity contribution < 1.29 is 23.0 Å². The molecule has 0 aliphatic rings. The molecule has 7 nitrogen and oxygen atoms in total. The van der Waals surface area contributed by atoms with Gasteiger partial charge in [-0.25, -0.2) is 4.83 Å². The molecule has 2 rings (SSSR count). The van der Waals surface area contributed by atoms with Crippen molar-refractivity contribution in [2.24, 2.45) is 5.10 Å². The Kier molecular flexibility index (Phi) is 6.24. The molecular formula is C17H20N2O5S. The summed E-state index contributed by atoms with van der Waals surface area (Å²) in [5.41, 5.74) is 0.359. The normalized spacial score (nSPS) is 11.4. The van der Waals surface area contributed by atoms with E-state index in [1.165, 1.54) is 24.4 Å². The molecule has 0 radical (unpaired) electrons. The molecule has 0 unspecified atom stereocenters. The van der Waals surface area contributed by atoms with Gasteiger partial charge in [0.25, 0.3) is 10.0 Å². The molecule has 0 saturated heterocycles. The second-order valence-electron chi connectivity index (χ2n) is 4.91. The van der Waals surface area contributed by atoms with Gasteiger partial charge in [0.2, 0.25) is 0 Å². The quantitative estimate of drug-likeness (QED) is 0.554. The molecule has 0 spiro atoms. The van der Waals surface area contributed by atoms with Gasteiger partial charge in [0.15, 0.2) is 0 Å². The van der Waals surface area contributed by atoms with Crippen molar-refractivity contribution in [3.8, 4) is 17.2 Å². The molecule has 134 valence electrons. The molecule has 0 fully saturated rings. The highest BCUT2D eigenvalue weighted by Crippen LogP contribution is 2.22. The first-order valence-corrected chi connectivity index (χ1v) is 9.18. The van der Waals surface area contributed by atoms with E-state index in [1.54, 1.807) is 24.3 Å². The third-order valence-electron chi connectivity index (χ3n) is 3.13. The van der Waals surface area contributed by atoms with Crippen molar-refractivity contribution in [3.63, 3.8) is 0 Å². The second kappa shape index (κ2) is 8.39. The number of phenolic OH excluding ortho intramolecular Hbond substituents is 1. The van der Waals surface area contributed by atoms with E-state index in [4.69, 9.17) is 9.47 Å². The number of hydrazone groups is 1. The molecule has 0 aliphatic heterocycles. The Hall–Kier alpha value is -2.74. The lowest BCUT2D eigenvalue weighted by molar-refractivity contribution is 0.337. The first-order chi connectivity index (χ1) is 12.0. The number of phenols is 1. The van der Waals surface area contributed by atoms with Crippen LogP contribution < -0.4 is 14.3 Å². The molecule has 2 aromatic carbocycles. The summed E-state index contributed by atoms with van der Waals surface area (Å²) < 4.78 is 34.9. The van der Waals surface area contributed by atoms with Crippen LogP contribution in [0.4, 0.5) is 0 Å². The molecule has 0 heterocycles. The summed E-state index contributed by atoms with van der Waals surface area (Å²) in [7, 11) is -3.80. The summed E-state index contributed by atoms with van der Waals surface area (Å²) in [6.07, 6.45) is 1.22. The molecule has 0 aliphatic carbocycles. The standard InChI is InChI=1S/C17H20N2O5S/c1-3-23-14-7-9-16(10-8-14)25(21,22)19-18-12-13-5-6-15(24-4-2)11-17(13)20/h5-12,19-20H,3-4H2,1-2H3. The molecule has 8 heteroatoms. The van der Waals surface area contributed by atoms with Crippen LogP contribution >= 0.6 is 0 Å². The minimum absolute atomic E-state index is 0.0593. The number of nitrogens with one attached hydrogen (secondary N) is 1. The number of nitrogens with zero attached hydrogens (tertiary/aromatic N) is 1. The maximum Gasteiger partial charge on any atom is 0.276 e. The zero-order valence-electron chi connectivity index (χ0n) is 14.0. The number of hydrogen-bond acceptors (Lipinski definition) is 6. The highest BCUT2D eigenvalue weighted by Gasteiger charge is 2.12. The summed E-state index contributed by atoms with van der Waals surface area (Å²) in [6.45, 7) is 4.66. The maximum absolute atomic E-state index is 12.2. The van der Waals surface area contributed by atoms with Gasteiger partial charge in [0.1, 0.15) is 17.2 Å². The molecule has 0 amide bonds. The van der Waals surface area contributed by atoms with Crippen LogP contribution in [0.25, 0.3) is 0 Å².